The molecule has 0 fully saturated rings. The molecule has 0 amide bonds. The summed E-state index contributed by atoms with van der Waals surface area (Å²) in [4.78, 5) is -0.858. The van der Waals surface area contributed by atoms with Crippen molar-refractivity contribution in [3.05, 3.63) is 24.3 Å². The second-order valence-corrected chi connectivity index (χ2v) is 7.06. The van der Waals surface area contributed by atoms with Crippen molar-refractivity contribution in [2.75, 3.05) is 0 Å². The van der Waals surface area contributed by atoms with Gasteiger partial charge in [-0.15, -0.1) is 3.89 Å². The summed E-state index contributed by atoms with van der Waals surface area (Å²) in [5.74, 6) is 0. The molecule has 20 heavy (non-hydrogen) atoms. The van der Waals surface area contributed by atoms with E-state index in [-0.39, 0.29) is 4.90 Å². The maximum absolute atomic E-state index is 12.7. The Morgan fingerprint density at radius 2 is 1.70 bits per heavy atom. The summed E-state index contributed by atoms with van der Waals surface area (Å²) in [7, 11) is -8.81. The number of nitriles is 1. The highest BCUT2D eigenvalue weighted by atomic mass is 32.3. The molecular weight excluding hydrogens is 307 g/mol. The lowest BCUT2D eigenvalue weighted by Crippen LogP contribution is -2.33. The van der Waals surface area contributed by atoms with Gasteiger partial charge in [0.15, 0.2) is 0 Å². The zero-order chi connectivity index (χ0) is 15.4. The van der Waals surface area contributed by atoms with Gasteiger partial charge in [-0.25, -0.2) is 8.42 Å². The van der Waals surface area contributed by atoms with Crippen molar-refractivity contribution < 1.29 is 20.7 Å². The first-order valence-corrected chi connectivity index (χ1v) is 8.54. The Morgan fingerprint density at radius 1 is 1.20 bits per heavy atom. The van der Waals surface area contributed by atoms with Gasteiger partial charge in [-0.1, -0.05) is 13.3 Å². The number of sulfonamides is 1. The summed E-state index contributed by atoms with van der Waals surface area (Å²) in [5, 5.41) is 8.81. The topological polar surface area (TPSA) is 104 Å². The van der Waals surface area contributed by atoms with Crippen LogP contribution in [0.1, 0.15) is 19.8 Å². The lowest BCUT2D eigenvalue weighted by Gasteiger charge is -2.11. The fourth-order valence-corrected chi connectivity index (χ4v) is 3.11. The Balaban J connectivity index is 3.03. The van der Waals surface area contributed by atoms with Crippen molar-refractivity contribution in [1.82, 2.24) is 4.72 Å². The molecule has 1 rings (SSSR count). The molecule has 0 saturated heterocycles. The standard InChI is InChI=1S/C11H13FN2O4S2/c1-2-3-9(8-13)14-20(17,18)11-6-4-10(5-7-11)19(12,15)16/h4-7,9,14H,2-3H2,1H3/t9-/m0/s1. The van der Waals surface area contributed by atoms with E-state index in [1.807, 2.05) is 6.07 Å². The molecule has 0 unspecified atom stereocenters. The molecule has 1 aromatic rings. The highest BCUT2D eigenvalue weighted by Gasteiger charge is 2.20. The maximum atomic E-state index is 12.7. The van der Waals surface area contributed by atoms with E-state index in [0.717, 1.165) is 24.3 Å². The molecule has 0 aliphatic rings. The van der Waals surface area contributed by atoms with Gasteiger partial charge in [0.25, 0.3) is 0 Å². The van der Waals surface area contributed by atoms with Crippen molar-refractivity contribution >= 4 is 20.2 Å². The quantitative estimate of drug-likeness (QED) is 0.796. The van der Waals surface area contributed by atoms with Crippen molar-refractivity contribution in [2.24, 2.45) is 0 Å². The molecule has 0 bridgehead atoms. The predicted molar refractivity (Wildman–Crippen MR) is 69.4 cm³/mol. The molecule has 0 radical (unpaired) electrons. The van der Waals surface area contributed by atoms with Crippen molar-refractivity contribution in [3.8, 4) is 6.07 Å². The zero-order valence-electron chi connectivity index (χ0n) is 10.6. The molecule has 0 aliphatic heterocycles. The third-order valence-electron chi connectivity index (χ3n) is 2.45. The van der Waals surface area contributed by atoms with Crippen molar-refractivity contribution in [2.45, 2.75) is 35.6 Å². The first-order chi connectivity index (χ1) is 9.20. The van der Waals surface area contributed by atoms with Crippen LogP contribution in [-0.2, 0) is 20.2 Å². The van der Waals surface area contributed by atoms with Gasteiger partial charge >= 0.3 is 10.2 Å². The lowest BCUT2D eigenvalue weighted by atomic mass is 10.2. The Morgan fingerprint density at radius 3 is 2.10 bits per heavy atom. The van der Waals surface area contributed by atoms with E-state index in [0.29, 0.717) is 12.8 Å². The molecule has 0 aromatic heterocycles. The van der Waals surface area contributed by atoms with Crippen LogP contribution < -0.4 is 4.72 Å². The summed E-state index contributed by atoms with van der Waals surface area (Å²) in [6.07, 6.45) is 0.979. The van der Waals surface area contributed by atoms with Crippen LogP contribution >= 0.6 is 0 Å². The number of nitrogens with one attached hydrogen (secondary N) is 1. The van der Waals surface area contributed by atoms with Gasteiger partial charge in [-0.3, -0.25) is 0 Å². The number of benzene rings is 1. The first-order valence-electron chi connectivity index (χ1n) is 5.67. The SMILES string of the molecule is CCC[C@@H](C#N)NS(=O)(=O)c1ccc(S(=O)(=O)F)cc1. The number of hydrogen-bond acceptors (Lipinski definition) is 5. The monoisotopic (exact) mass is 320 g/mol. The molecule has 6 nitrogen and oxygen atoms in total. The van der Waals surface area contributed by atoms with Crippen LogP contribution in [0.5, 0.6) is 0 Å². The predicted octanol–water partition coefficient (Wildman–Crippen LogP) is 1.32. The van der Waals surface area contributed by atoms with Gasteiger partial charge in [0.2, 0.25) is 10.0 Å². The van der Waals surface area contributed by atoms with Gasteiger partial charge in [0.05, 0.1) is 15.9 Å². The summed E-state index contributed by atoms with van der Waals surface area (Å²) in [6, 6.07) is 4.59. The molecule has 1 aromatic carbocycles. The van der Waals surface area contributed by atoms with Crippen LogP contribution in [0.25, 0.3) is 0 Å². The minimum absolute atomic E-state index is 0.235. The Kier molecular flexibility index (Phi) is 5.21. The van der Waals surface area contributed by atoms with Crippen LogP contribution in [-0.4, -0.2) is 22.9 Å². The van der Waals surface area contributed by atoms with Gasteiger partial charge in [0.1, 0.15) is 6.04 Å². The van der Waals surface area contributed by atoms with Crippen molar-refractivity contribution in [1.29, 1.82) is 5.26 Å². The first kappa shape index (κ1) is 16.6. The molecule has 1 N–H and O–H groups in total. The zero-order valence-corrected chi connectivity index (χ0v) is 12.2. The minimum atomic E-state index is -4.87. The van der Waals surface area contributed by atoms with Crippen LogP contribution in [0.15, 0.2) is 34.1 Å². The molecule has 0 heterocycles. The largest absolute Gasteiger partial charge is 0.332 e. The smallest absolute Gasteiger partial charge is 0.207 e. The Bertz CT molecular complexity index is 706. The highest BCUT2D eigenvalue weighted by molar-refractivity contribution is 7.89. The third kappa shape index (κ3) is 4.26. The van der Waals surface area contributed by atoms with Crippen molar-refractivity contribution in [3.63, 3.8) is 0 Å². The third-order valence-corrected chi connectivity index (χ3v) is 4.77. The molecular formula is C11H13FN2O4S2. The second kappa shape index (κ2) is 6.30. The normalized spacial score (nSPS) is 13.7. The van der Waals surface area contributed by atoms with E-state index < -0.39 is 31.2 Å². The number of hydrogen-bond donors (Lipinski definition) is 1. The Labute approximate surface area is 117 Å². The van der Waals surface area contributed by atoms with E-state index in [4.69, 9.17) is 5.26 Å². The van der Waals surface area contributed by atoms with Crippen LogP contribution in [0.3, 0.4) is 0 Å². The molecule has 110 valence electrons. The van der Waals surface area contributed by atoms with E-state index in [1.54, 1.807) is 6.92 Å². The fourth-order valence-electron chi connectivity index (χ4n) is 1.48. The summed E-state index contributed by atoms with van der Waals surface area (Å²) in [5.41, 5.74) is 0. The molecule has 0 spiro atoms. The van der Waals surface area contributed by atoms with Crippen LogP contribution in [0.2, 0.25) is 0 Å². The van der Waals surface area contributed by atoms with Gasteiger partial charge < -0.3 is 0 Å². The second-order valence-electron chi connectivity index (χ2n) is 4.00. The number of nitrogens with zero attached hydrogens (tertiary/aromatic N) is 1. The summed E-state index contributed by atoms with van der Waals surface area (Å²) in [6.45, 7) is 1.81. The van der Waals surface area contributed by atoms with Gasteiger partial charge in [-0.2, -0.15) is 18.4 Å². The van der Waals surface area contributed by atoms with Gasteiger partial charge in [-0.05, 0) is 30.7 Å². The number of halogens is 1. The lowest BCUT2D eigenvalue weighted by molar-refractivity contribution is 0.550. The molecule has 9 heteroatoms. The van der Waals surface area contributed by atoms with E-state index in [1.165, 1.54) is 0 Å². The van der Waals surface area contributed by atoms with E-state index in [9.17, 15) is 20.7 Å². The minimum Gasteiger partial charge on any atom is -0.207 e. The van der Waals surface area contributed by atoms with E-state index >= 15 is 0 Å². The fraction of sp³-hybridized carbons (Fsp3) is 0.364. The maximum Gasteiger partial charge on any atom is 0.332 e. The average Bonchev–Trinajstić information content (AvgIpc) is 2.37. The van der Waals surface area contributed by atoms with E-state index in [2.05, 4.69) is 4.72 Å². The average molecular weight is 320 g/mol. The van der Waals surface area contributed by atoms with Gasteiger partial charge in [0, 0.05) is 0 Å². The molecule has 0 saturated carbocycles. The number of rotatable bonds is 6. The molecule has 1 atom stereocenters. The Hall–Kier alpha value is -1.50. The van der Waals surface area contributed by atoms with Crippen LogP contribution in [0, 0.1) is 11.3 Å². The summed E-state index contributed by atoms with van der Waals surface area (Å²) < 4.78 is 60.0. The highest BCUT2D eigenvalue weighted by Crippen LogP contribution is 2.16. The van der Waals surface area contributed by atoms with Crippen LogP contribution in [0.4, 0.5) is 3.89 Å². The molecule has 0 aliphatic carbocycles. The summed E-state index contributed by atoms with van der Waals surface area (Å²) >= 11 is 0.